The van der Waals surface area contributed by atoms with Gasteiger partial charge in [-0.1, -0.05) is 30.3 Å². The van der Waals surface area contributed by atoms with E-state index in [-0.39, 0.29) is 6.61 Å². The molecule has 0 aliphatic rings. The van der Waals surface area contributed by atoms with Gasteiger partial charge in [0.15, 0.2) is 0 Å². The molecule has 0 bridgehead atoms. The van der Waals surface area contributed by atoms with Crippen LogP contribution in [0.4, 0.5) is 0 Å². The van der Waals surface area contributed by atoms with Crippen LogP contribution in [0, 0.1) is 0 Å². The van der Waals surface area contributed by atoms with Crippen molar-refractivity contribution in [2.75, 3.05) is 0 Å². The van der Waals surface area contributed by atoms with Crippen LogP contribution in [-0.4, -0.2) is 20.7 Å². The lowest BCUT2D eigenvalue weighted by molar-refractivity contribution is 0.0699. The van der Waals surface area contributed by atoms with E-state index in [0.717, 1.165) is 22.0 Å². The van der Waals surface area contributed by atoms with Gasteiger partial charge in [-0.15, -0.1) is 0 Å². The molecule has 21 heavy (non-hydrogen) atoms. The molecule has 0 aliphatic heterocycles. The zero-order chi connectivity index (χ0) is 14.8. The Morgan fingerprint density at radius 3 is 2.38 bits per heavy atom. The summed E-state index contributed by atoms with van der Waals surface area (Å²) in [6, 6.07) is 14.9. The lowest BCUT2D eigenvalue weighted by Crippen LogP contribution is -2.00. The average molecular weight is 281 g/mol. The summed E-state index contributed by atoms with van der Waals surface area (Å²) in [5.74, 6) is -0.911. The Balaban J connectivity index is 1.97. The number of nitrogens with zero attached hydrogens (tertiary/aromatic N) is 1. The fourth-order valence-electron chi connectivity index (χ4n) is 2.49. The zero-order valence-corrected chi connectivity index (χ0v) is 11.4. The van der Waals surface area contributed by atoms with Crippen molar-refractivity contribution in [2.24, 2.45) is 0 Å². The first kappa shape index (κ1) is 13.4. The number of aromatic carboxylic acids is 1. The van der Waals surface area contributed by atoms with Gasteiger partial charge < -0.3 is 14.8 Å². The van der Waals surface area contributed by atoms with Gasteiger partial charge in [-0.25, -0.2) is 4.79 Å². The van der Waals surface area contributed by atoms with Crippen molar-refractivity contribution in [3.63, 3.8) is 0 Å². The lowest BCUT2D eigenvalue weighted by Gasteiger charge is -2.07. The van der Waals surface area contributed by atoms with Gasteiger partial charge in [-0.05, 0) is 29.3 Å². The third kappa shape index (κ3) is 2.53. The van der Waals surface area contributed by atoms with Crippen molar-refractivity contribution in [3.05, 3.63) is 71.4 Å². The Bertz CT molecular complexity index is 787. The molecule has 2 N–H and O–H groups in total. The second-order valence-electron chi connectivity index (χ2n) is 4.96. The summed E-state index contributed by atoms with van der Waals surface area (Å²) >= 11 is 0. The van der Waals surface area contributed by atoms with E-state index in [1.165, 1.54) is 0 Å². The van der Waals surface area contributed by atoms with E-state index in [0.29, 0.717) is 12.1 Å². The molecule has 0 radical (unpaired) electrons. The Hall–Kier alpha value is -2.59. The molecule has 3 aromatic rings. The topological polar surface area (TPSA) is 62.5 Å². The van der Waals surface area contributed by atoms with Crippen LogP contribution in [0.3, 0.4) is 0 Å². The minimum atomic E-state index is -0.911. The van der Waals surface area contributed by atoms with Gasteiger partial charge in [-0.2, -0.15) is 0 Å². The number of benzene rings is 2. The highest BCUT2D eigenvalue weighted by atomic mass is 16.4. The lowest BCUT2D eigenvalue weighted by atomic mass is 10.1. The van der Waals surface area contributed by atoms with Gasteiger partial charge in [0.25, 0.3) is 0 Å². The Morgan fingerprint density at radius 1 is 1.00 bits per heavy atom. The number of aliphatic hydroxyl groups excluding tert-OH is 1. The summed E-state index contributed by atoms with van der Waals surface area (Å²) in [5, 5.41) is 19.0. The van der Waals surface area contributed by atoms with Crippen LogP contribution in [0.2, 0.25) is 0 Å². The molecule has 4 heteroatoms. The molecule has 4 nitrogen and oxygen atoms in total. The predicted octanol–water partition coefficient (Wildman–Crippen LogP) is 2.88. The van der Waals surface area contributed by atoms with Crippen LogP contribution in [0.5, 0.6) is 0 Å². The molecule has 1 aromatic heterocycles. The monoisotopic (exact) mass is 281 g/mol. The van der Waals surface area contributed by atoms with E-state index in [9.17, 15) is 9.90 Å². The first-order chi connectivity index (χ1) is 10.2. The Kier molecular flexibility index (Phi) is 3.46. The summed E-state index contributed by atoms with van der Waals surface area (Å²) in [6.07, 6.45) is 1.90. The van der Waals surface area contributed by atoms with Crippen LogP contribution in [0.15, 0.2) is 54.7 Å². The zero-order valence-electron chi connectivity index (χ0n) is 11.4. The predicted molar refractivity (Wildman–Crippen MR) is 80.4 cm³/mol. The molecule has 3 rings (SSSR count). The van der Waals surface area contributed by atoms with Gasteiger partial charge in [0.05, 0.1) is 12.2 Å². The van der Waals surface area contributed by atoms with E-state index < -0.39 is 5.97 Å². The smallest absolute Gasteiger partial charge is 0.336 e. The number of hydrogen-bond donors (Lipinski definition) is 2. The summed E-state index contributed by atoms with van der Waals surface area (Å²) in [6.45, 7) is 0.701. The average Bonchev–Trinajstić information content (AvgIpc) is 2.91. The summed E-state index contributed by atoms with van der Waals surface area (Å²) in [7, 11) is 0. The molecule has 0 saturated carbocycles. The van der Waals surface area contributed by atoms with Crippen molar-refractivity contribution < 1.29 is 15.0 Å². The van der Waals surface area contributed by atoms with Gasteiger partial charge in [0, 0.05) is 23.6 Å². The molecule has 0 unspecified atom stereocenters. The molecule has 0 atom stereocenters. The number of carboxylic acid groups (broad SMARTS) is 1. The molecular weight excluding hydrogens is 266 g/mol. The highest BCUT2D eigenvalue weighted by Gasteiger charge is 2.10. The third-order valence-corrected chi connectivity index (χ3v) is 3.60. The summed E-state index contributed by atoms with van der Waals surface area (Å²) in [4.78, 5) is 11.2. The molecule has 0 aliphatic carbocycles. The van der Waals surface area contributed by atoms with Crippen LogP contribution in [-0.2, 0) is 13.2 Å². The van der Waals surface area contributed by atoms with Crippen LogP contribution in [0.25, 0.3) is 10.9 Å². The fraction of sp³-hybridized carbons (Fsp3) is 0.118. The van der Waals surface area contributed by atoms with Gasteiger partial charge in [-0.3, -0.25) is 0 Å². The van der Waals surface area contributed by atoms with Crippen LogP contribution >= 0.6 is 0 Å². The molecule has 0 spiro atoms. The van der Waals surface area contributed by atoms with E-state index >= 15 is 0 Å². The molecule has 0 saturated heterocycles. The van der Waals surface area contributed by atoms with Crippen molar-refractivity contribution in [1.82, 2.24) is 4.57 Å². The fourth-order valence-corrected chi connectivity index (χ4v) is 2.49. The molecule has 0 amide bonds. The minimum Gasteiger partial charge on any atom is -0.478 e. The van der Waals surface area contributed by atoms with E-state index in [1.807, 2.05) is 47.2 Å². The van der Waals surface area contributed by atoms with E-state index in [2.05, 4.69) is 0 Å². The van der Waals surface area contributed by atoms with Gasteiger partial charge >= 0.3 is 5.97 Å². The maximum absolute atomic E-state index is 11.2. The number of fused-ring (bicyclic) bond motifs is 1. The van der Waals surface area contributed by atoms with Crippen LogP contribution in [0.1, 0.15) is 21.5 Å². The quantitative estimate of drug-likeness (QED) is 0.773. The standard InChI is InChI=1S/C17H15NO3/c19-11-13-6-4-12(5-7-13)10-18-9-8-14-15(17(20)21)2-1-3-16(14)18/h1-9,19H,10-11H2,(H,20,21). The normalized spacial score (nSPS) is 10.9. The highest BCUT2D eigenvalue weighted by molar-refractivity contribution is 6.02. The number of aliphatic hydroxyl groups is 1. The van der Waals surface area contributed by atoms with Crippen molar-refractivity contribution >= 4 is 16.9 Å². The Morgan fingerprint density at radius 2 is 1.71 bits per heavy atom. The number of carboxylic acids is 1. The highest BCUT2D eigenvalue weighted by Crippen LogP contribution is 2.21. The van der Waals surface area contributed by atoms with Gasteiger partial charge in [0.2, 0.25) is 0 Å². The largest absolute Gasteiger partial charge is 0.478 e. The number of rotatable bonds is 4. The van der Waals surface area contributed by atoms with E-state index in [4.69, 9.17) is 5.11 Å². The molecule has 0 fully saturated rings. The molecule has 106 valence electrons. The second kappa shape index (κ2) is 5.42. The maximum atomic E-state index is 11.2. The van der Waals surface area contributed by atoms with Crippen molar-refractivity contribution in [2.45, 2.75) is 13.2 Å². The Labute approximate surface area is 121 Å². The minimum absolute atomic E-state index is 0.0364. The van der Waals surface area contributed by atoms with Crippen LogP contribution < -0.4 is 0 Å². The molecular formula is C17H15NO3. The second-order valence-corrected chi connectivity index (χ2v) is 4.96. The summed E-state index contributed by atoms with van der Waals surface area (Å²) in [5.41, 5.74) is 3.21. The summed E-state index contributed by atoms with van der Waals surface area (Å²) < 4.78 is 2.02. The molecule has 2 aromatic carbocycles. The van der Waals surface area contributed by atoms with E-state index in [1.54, 1.807) is 12.1 Å². The number of aromatic nitrogens is 1. The SMILES string of the molecule is O=C(O)c1cccc2c1ccn2Cc1ccc(CO)cc1. The first-order valence-electron chi connectivity index (χ1n) is 6.69. The first-order valence-corrected chi connectivity index (χ1v) is 6.69. The molecule has 1 heterocycles. The third-order valence-electron chi connectivity index (χ3n) is 3.60. The van der Waals surface area contributed by atoms with Gasteiger partial charge in [0.1, 0.15) is 0 Å². The van der Waals surface area contributed by atoms with Crippen molar-refractivity contribution in [1.29, 1.82) is 0 Å². The number of carbonyl (C=O) groups is 1. The van der Waals surface area contributed by atoms with Crippen molar-refractivity contribution in [3.8, 4) is 0 Å². The number of hydrogen-bond acceptors (Lipinski definition) is 2. The maximum Gasteiger partial charge on any atom is 0.336 e.